The Labute approximate surface area is 162 Å². The average Bonchev–Trinajstić information content (AvgIpc) is 3.34. The highest BCUT2D eigenvalue weighted by Gasteiger charge is 2.41. The number of hydrogen-bond donors (Lipinski definition) is 1. The Hall–Kier alpha value is -2.19. The van der Waals surface area contributed by atoms with E-state index in [2.05, 4.69) is 10.4 Å². The van der Waals surface area contributed by atoms with E-state index in [1.165, 1.54) is 11.3 Å². The number of nitrogens with zero attached hydrogens (tertiary/aromatic N) is 3. The molecule has 1 unspecified atom stereocenters. The van der Waals surface area contributed by atoms with Crippen molar-refractivity contribution in [2.45, 2.75) is 37.3 Å². The van der Waals surface area contributed by atoms with Crippen LogP contribution in [0.3, 0.4) is 0 Å². The maximum absolute atomic E-state index is 12.5. The Kier molecular flexibility index (Phi) is 5.01. The summed E-state index contributed by atoms with van der Waals surface area (Å²) in [6.07, 6.45) is 6.52. The minimum absolute atomic E-state index is 0.0875. The van der Waals surface area contributed by atoms with Crippen molar-refractivity contribution in [2.75, 3.05) is 19.7 Å². The highest BCUT2D eigenvalue weighted by atomic mass is 32.1. The molecule has 1 N–H and O–H groups in total. The van der Waals surface area contributed by atoms with E-state index in [1.54, 1.807) is 24.1 Å². The largest absolute Gasteiger partial charge is 0.375 e. The fourth-order valence-corrected chi connectivity index (χ4v) is 4.67. The van der Waals surface area contributed by atoms with Gasteiger partial charge in [0.25, 0.3) is 11.8 Å². The molecule has 0 radical (unpaired) electrons. The van der Waals surface area contributed by atoms with Crippen LogP contribution in [0, 0.1) is 0 Å². The quantitative estimate of drug-likeness (QED) is 0.873. The fourth-order valence-electron chi connectivity index (χ4n) is 3.98. The van der Waals surface area contributed by atoms with Crippen LogP contribution < -0.4 is 5.32 Å². The molecular formula is C19H24N4O3S. The molecule has 8 heteroatoms. The monoisotopic (exact) mass is 388 g/mol. The molecule has 4 heterocycles. The van der Waals surface area contributed by atoms with Crippen LogP contribution in [0.4, 0.5) is 0 Å². The lowest BCUT2D eigenvalue weighted by molar-refractivity contribution is -0.114. The van der Waals surface area contributed by atoms with Crippen molar-refractivity contribution in [3.05, 3.63) is 40.3 Å². The maximum Gasteiger partial charge on any atom is 0.263 e. The predicted octanol–water partition coefficient (Wildman–Crippen LogP) is 2.07. The smallest absolute Gasteiger partial charge is 0.263 e. The summed E-state index contributed by atoms with van der Waals surface area (Å²) in [5.74, 6) is 0.0209. The van der Waals surface area contributed by atoms with Crippen LogP contribution >= 0.6 is 11.3 Å². The SMILES string of the molecule is Cn1cc(C(=O)NC2CCOC3(CCN(C(=O)c4cccs4)CC3)C2)cn1. The molecular weight excluding hydrogens is 364 g/mol. The highest BCUT2D eigenvalue weighted by Crippen LogP contribution is 2.35. The van der Waals surface area contributed by atoms with Crippen molar-refractivity contribution in [1.82, 2.24) is 20.0 Å². The third kappa shape index (κ3) is 3.91. The second kappa shape index (κ2) is 7.44. The van der Waals surface area contributed by atoms with Crippen LogP contribution in [-0.4, -0.2) is 57.8 Å². The molecule has 1 atom stereocenters. The summed E-state index contributed by atoms with van der Waals surface area (Å²) in [7, 11) is 1.80. The fraction of sp³-hybridized carbons (Fsp3) is 0.526. The number of carbonyl (C=O) groups is 2. The first kappa shape index (κ1) is 18.2. The first-order valence-electron chi connectivity index (χ1n) is 9.31. The number of nitrogens with one attached hydrogen (secondary N) is 1. The Morgan fingerprint density at radius 2 is 2.19 bits per heavy atom. The molecule has 144 valence electrons. The molecule has 1 spiro atoms. The third-order valence-corrected chi connectivity index (χ3v) is 6.35. The van der Waals surface area contributed by atoms with Gasteiger partial charge in [0, 0.05) is 39.0 Å². The summed E-state index contributed by atoms with van der Waals surface area (Å²) < 4.78 is 7.77. The van der Waals surface area contributed by atoms with Gasteiger partial charge in [-0.3, -0.25) is 14.3 Å². The average molecular weight is 388 g/mol. The van der Waals surface area contributed by atoms with Gasteiger partial charge in [0.15, 0.2) is 0 Å². The van der Waals surface area contributed by atoms with Crippen molar-refractivity contribution in [3.8, 4) is 0 Å². The van der Waals surface area contributed by atoms with Gasteiger partial charge in [0.2, 0.25) is 0 Å². The molecule has 2 aromatic rings. The molecule has 0 aliphatic carbocycles. The lowest BCUT2D eigenvalue weighted by atomic mass is 9.82. The third-order valence-electron chi connectivity index (χ3n) is 5.49. The minimum Gasteiger partial charge on any atom is -0.375 e. The van der Waals surface area contributed by atoms with E-state index in [0.717, 1.165) is 30.6 Å². The van der Waals surface area contributed by atoms with E-state index in [9.17, 15) is 9.59 Å². The topological polar surface area (TPSA) is 76.5 Å². The zero-order chi connectivity index (χ0) is 18.9. The van der Waals surface area contributed by atoms with Gasteiger partial charge in [-0.2, -0.15) is 5.10 Å². The Morgan fingerprint density at radius 1 is 1.37 bits per heavy atom. The molecule has 27 heavy (non-hydrogen) atoms. The number of amides is 2. The van der Waals surface area contributed by atoms with E-state index in [0.29, 0.717) is 25.3 Å². The Balaban J connectivity index is 1.34. The number of ether oxygens (including phenoxy) is 1. The zero-order valence-electron chi connectivity index (χ0n) is 15.4. The van der Waals surface area contributed by atoms with Gasteiger partial charge < -0.3 is 15.0 Å². The first-order valence-corrected chi connectivity index (χ1v) is 10.2. The number of rotatable bonds is 3. The second-order valence-electron chi connectivity index (χ2n) is 7.37. The molecule has 0 bridgehead atoms. The standard InChI is InChI=1S/C19H24N4O3S/c1-22-13-14(12-20-22)17(24)21-15-4-9-26-19(11-15)5-7-23(8-6-19)18(25)16-3-2-10-27-16/h2-3,10,12-13,15H,4-9,11H2,1H3,(H,21,24). The van der Waals surface area contributed by atoms with Crippen LogP contribution in [0.2, 0.25) is 0 Å². The predicted molar refractivity (Wildman–Crippen MR) is 102 cm³/mol. The van der Waals surface area contributed by atoms with Gasteiger partial charge in [-0.05, 0) is 37.1 Å². The summed E-state index contributed by atoms with van der Waals surface area (Å²) in [6, 6.07) is 3.87. The van der Waals surface area contributed by atoms with E-state index in [-0.39, 0.29) is 23.5 Å². The number of carbonyl (C=O) groups excluding carboxylic acids is 2. The van der Waals surface area contributed by atoms with Crippen molar-refractivity contribution in [2.24, 2.45) is 7.05 Å². The number of likely N-dealkylation sites (tertiary alicyclic amines) is 1. The number of aromatic nitrogens is 2. The van der Waals surface area contributed by atoms with Crippen molar-refractivity contribution >= 4 is 23.2 Å². The number of piperidine rings is 1. The molecule has 2 aromatic heterocycles. The van der Waals surface area contributed by atoms with Crippen LogP contribution in [0.1, 0.15) is 45.7 Å². The maximum atomic E-state index is 12.5. The van der Waals surface area contributed by atoms with Crippen molar-refractivity contribution in [3.63, 3.8) is 0 Å². The molecule has 2 fully saturated rings. The van der Waals surface area contributed by atoms with Crippen LogP contribution in [0.25, 0.3) is 0 Å². The molecule has 2 aliphatic rings. The second-order valence-corrected chi connectivity index (χ2v) is 8.31. The zero-order valence-corrected chi connectivity index (χ0v) is 16.2. The molecule has 2 aliphatic heterocycles. The first-order chi connectivity index (χ1) is 13.0. The van der Waals surface area contributed by atoms with Gasteiger partial charge in [0.1, 0.15) is 0 Å². The van der Waals surface area contributed by atoms with Crippen molar-refractivity contribution < 1.29 is 14.3 Å². The number of aryl methyl sites for hydroxylation is 1. The summed E-state index contributed by atoms with van der Waals surface area (Å²) in [4.78, 5) is 27.6. The molecule has 2 amide bonds. The lowest BCUT2D eigenvalue weighted by Crippen LogP contribution is -2.54. The van der Waals surface area contributed by atoms with Gasteiger partial charge in [-0.1, -0.05) is 6.07 Å². The summed E-state index contributed by atoms with van der Waals surface area (Å²) in [6.45, 7) is 2.02. The number of hydrogen-bond acceptors (Lipinski definition) is 5. The van der Waals surface area contributed by atoms with Crippen LogP contribution in [-0.2, 0) is 11.8 Å². The Bertz CT molecular complexity index is 809. The minimum atomic E-state index is -0.239. The van der Waals surface area contributed by atoms with Gasteiger partial charge >= 0.3 is 0 Å². The summed E-state index contributed by atoms with van der Waals surface area (Å²) >= 11 is 1.48. The van der Waals surface area contributed by atoms with E-state index in [4.69, 9.17) is 4.74 Å². The summed E-state index contributed by atoms with van der Waals surface area (Å²) in [5, 5.41) is 9.11. The molecule has 4 rings (SSSR count). The van der Waals surface area contributed by atoms with Gasteiger partial charge in [-0.15, -0.1) is 11.3 Å². The molecule has 0 saturated carbocycles. The lowest BCUT2D eigenvalue weighted by Gasteiger charge is -2.46. The molecule has 2 saturated heterocycles. The number of thiophene rings is 1. The van der Waals surface area contributed by atoms with Gasteiger partial charge in [0.05, 0.1) is 22.2 Å². The van der Waals surface area contributed by atoms with E-state index < -0.39 is 0 Å². The van der Waals surface area contributed by atoms with E-state index in [1.807, 2.05) is 22.4 Å². The van der Waals surface area contributed by atoms with Gasteiger partial charge in [-0.25, -0.2) is 0 Å². The van der Waals surface area contributed by atoms with Crippen LogP contribution in [0.15, 0.2) is 29.9 Å². The van der Waals surface area contributed by atoms with Crippen molar-refractivity contribution in [1.29, 1.82) is 0 Å². The highest BCUT2D eigenvalue weighted by molar-refractivity contribution is 7.12. The molecule has 0 aromatic carbocycles. The molecule has 7 nitrogen and oxygen atoms in total. The normalized spacial score (nSPS) is 22.0. The van der Waals surface area contributed by atoms with E-state index >= 15 is 0 Å². The summed E-state index contributed by atoms with van der Waals surface area (Å²) in [5.41, 5.74) is 0.339. The Morgan fingerprint density at radius 3 is 2.85 bits per heavy atom. The van der Waals surface area contributed by atoms with Crippen LogP contribution in [0.5, 0.6) is 0 Å².